The van der Waals surface area contributed by atoms with Crippen molar-refractivity contribution in [2.24, 2.45) is 0 Å². The van der Waals surface area contributed by atoms with Gasteiger partial charge in [-0.15, -0.1) is 0 Å². The number of benzene rings is 3. The first-order valence-electron chi connectivity index (χ1n) is 15.7. The predicted molar refractivity (Wildman–Crippen MR) is 167 cm³/mol. The topological polar surface area (TPSA) is 61.8 Å². The summed E-state index contributed by atoms with van der Waals surface area (Å²) >= 11 is 0. The van der Waals surface area contributed by atoms with Crippen LogP contribution in [0.2, 0.25) is 0 Å². The van der Waals surface area contributed by atoms with Crippen molar-refractivity contribution in [1.29, 1.82) is 0 Å². The molecule has 0 heterocycles. The molecule has 0 saturated carbocycles. The zero-order valence-electron chi connectivity index (χ0n) is 25.3. The van der Waals surface area contributed by atoms with Gasteiger partial charge in [-0.2, -0.15) is 0 Å². The van der Waals surface area contributed by atoms with E-state index in [1.165, 1.54) is 44.9 Å². The van der Waals surface area contributed by atoms with E-state index in [1.54, 1.807) is 18.2 Å². The number of hydrogen-bond acceptors (Lipinski definition) is 5. The van der Waals surface area contributed by atoms with Crippen LogP contribution in [-0.2, 0) is 9.53 Å². The summed E-state index contributed by atoms with van der Waals surface area (Å²) in [6.07, 6.45) is 14.4. The summed E-state index contributed by atoms with van der Waals surface area (Å²) in [5.41, 5.74) is 1.38. The molecule has 41 heavy (non-hydrogen) atoms. The Bertz CT molecular complexity index is 1200. The number of esters is 2. The van der Waals surface area contributed by atoms with Gasteiger partial charge in [-0.25, -0.2) is 4.79 Å². The molecule has 0 unspecified atom stereocenters. The maximum absolute atomic E-state index is 12.7. The lowest BCUT2D eigenvalue weighted by Gasteiger charge is -2.13. The van der Waals surface area contributed by atoms with Gasteiger partial charge in [0.15, 0.2) is 0 Å². The molecule has 3 aromatic carbocycles. The molecule has 0 N–H and O–H groups in total. The van der Waals surface area contributed by atoms with Gasteiger partial charge >= 0.3 is 11.9 Å². The summed E-state index contributed by atoms with van der Waals surface area (Å²) in [4.78, 5) is 25.2. The fraction of sp³-hybridized carbons (Fsp3) is 0.500. The largest absolute Gasteiger partial charge is 0.494 e. The van der Waals surface area contributed by atoms with Gasteiger partial charge in [0.05, 0.1) is 24.7 Å². The Morgan fingerprint density at radius 1 is 0.634 bits per heavy atom. The molecule has 222 valence electrons. The van der Waals surface area contributed by atoms with Crippen LogP contribution in [0.25, 0.3) is 10.8 Å². The maximum atomic E-state index is 12.7. The van der Waals surface area contributed by atoms with Crippen molar-refractivity contribution >= 4 is 22.7 Å². The third-order valence-corrected chi connectivity index (χ3v) is 7.50. The highest BCUT2D eigenvalue weighted by molar-refractivity contribution is 5.92. The summed E-state index contributed by atoms with van der Waals surface area (Å²) in [6.45, 7) is 7.44. The minimum Gasteiger partial charge on any atom is -0.494 e. The number of carbonyl (C=O) groups is 2. The number of rotatable bonds is 19. The van der Waals surface area contributed by atoms with Crippen LogP contribution < -0.4 is 9.47 Å². The quantitative estimate of drug-likeness (QED) is 0.0829. The molecule has 3 aromatic rings. The lowest BCUT2D eigenvalue weighted by Crippen LogP contribution is -2.14. The van der Waals surface area contributed by atoms with E-state index in [9.17, 15) is 9.59 Å². The Morgan fingerprint density at radius 3 is 1.90 bits per heavy atom. The minimum atomic E-state index is -0.411. The maximum Gasteiger partial charge on any atom is 0.343 e. The van der Waals surface area contributed by atoms with Gasteiger partial charge in [-0.3, -0.25) is 4.79 Å². The number of unbranched alkanes of at least 4 members (excludes halogenated alkanes) is 10. The molecule has 0 aromatic heterocycles. The standard InChI is InChI=1S/C36H48O5/c1-4-6-8-10-11-12-13-15-24-39-33-21-18-29(19-22-33)36(38)41-34-23-20-31-26-30(16-17-32(31)27-34)28(3)35(37)40-25-14-9-7-5-2/h16-23,26-28H,4-15,24-25H2,1-3H3/t28-/m0/s1. The Morgan fingerprint density at radius 2 is 1.20 bits per heavy atom. The van der Waals surface area contributed by atoms with Crippen molar-refractivity contribution < 1.29 is 23.8 Å². The van der Waals surface area contributed by atoms with Crippen LogP contribution >= 0.6 is 0 Å². The third kappa shape index (κ3) is 11.2. The monoisotopic (exact) mass is 560 g/mol. The second-order valence-corrected chi connectivity index (χ2v) is 11.0. The van der Waals surface area contributed by atoms with Gasteiger partial charge in [0.25, 0.3) is 0 Å². The number of fused-ring (bicyclic) bond motifs is 1. The van der Waals surface area contributed by atoms with Crippen LogP contribution in [0, 0.1) is 0 Å². The average molecular weight is 561 g/mol. The zero-order chi connectivity index (χ0) is 29.3. The van der Waals surface area contributed by atoms with E-state index in [4.69, 9.17) is 14.2 Å². The van der Waals surface area contributed by atoms with E-state index >= 15 is 0 Å². The molecule has 0 spiro atoms. The lowest BCUT2D eigenvalue weighted by atomic mass is 9.98. The van der Waals surface area contributed by atoms with Crippen molar-refractivity contribution in [1.82, 2.24) is 0 Å². The summed E-state index contributed by atoms with van der Waals surface area (Å²) in [6, 6.07) is 18.5. The molecule has 5 heteroatoms. The Labute approximate surface area is 246 Å². The predicted octanol–water partition coefficient (Wildman–Crippen LogP) is 9.81. The SMILES string of the molecule is CCCCCCCCCCOc1ccc(C(=O)Oc2ccc3cc([C@H](C)C(=O)OCCCCCC)ccc3c2)cc1. The van der Waals surface area contributed by atoms with Gasteiger partial charge in [0.2, 0.25) is 0 Å². The average Bonchev–Trinajstić information content (AvgIpc) is 2.99. The molecule has 1 atom stereocenters. The number of hydrogen-bond donors (Lipinski definition) is 0. The second-order valence-electron chi connectivity index (χ2n) is 11.0. The van der Waals surface area contributed by atoms with Gasteiger partial charge in [0.1, 0.15) is 11.5 Å². The molecule has 0 saturated heterocycles. The second kappa shape index (κ2) is 18.2. The fourth-order valence-electron chi connectivity index (χ4n) is 4.82. The summed E-state index contributed by atoms with van der Waals surface area (Å²) in [7, 11) is 0. The van der Waals surface area contributed by atoms with Crippen LogP contribution in [0.5, 0.6) is 11.5 Å². The van der Waals surface area contributed by atoms with Gasteiger partial charge in [0, 0.05) is 0 Å². The van der Waals surface area contributed by atoms with Crippen LogP contribution in [0.4, 0.5) is 0 Å². The molecular weight excluding hydrogens is 512 g/mol. The molecule has 3 rings (SSSR count). The Balaban J connectivity index is 1.45. The summed E-state index contributed by atoms with van der Waals surface area (Å²) < 4.78 is 17.0. The first-order chi connectivity index (χ1) is 20.0. The van der Waals surface area contributed by atoms with Crippen molar-refractivity contribution in [3.63, 3.8) is 0 Å². The van der Waals surface area contributed by atoms with Crippen LogP contribution in [-0.4, -0.2) is 25.2 Å². The highest BCUT2D eigenvalue weighted by Gasteiger charge is 2.17. The molecule has 0 bridgehead atoms. The number of ether oxygens (including phenoxy) is 3. The molecule has 0 fully saturated rings. The first-order valence-corrected chi connectivity index (χ1v) is 15.7. The Kier molecular flexibility index (Phi) is 14.3. The number of carbonyl (C=O) groups excluding carboxylic acids is 2. The Hall–Kier alpha value is -3.34. The smallest absolute Gasteiger partial charge is 0.343 e. The molecule has 0 radical (unpaired) electrons. The van der Waals surface area contributed by atoms with E-state index in [-0.39, 0.29) is 11.9 Å². The highest BCUT2D eigenvalue weighted by atomic mass is 16.5. The van der Waals surface area contributed by atoms with Crippen molar-refractivity contribution in [3.8, 4) is 11.5 Å². The zero-order valence-corrected chi connectivity index (χ0v) is 25.3. The molecular formula is C36H48O5. The van der Waals surface area contributed by atoms with Crippen LogP contribution in [0.1, 0.15) is 120 Å². The fourth-order valence-corrected chi connectivity index (χ4v) is 4.82. The van der Waals surface area contributed by atoms with Gasteiger partial charge in [-0.1, -0.05) is 102 Å². The van der Waals surface area contributed by atoms with Crippen molar-refractivity contribution in [3.05, 3.63) is 71.8 Å². The van der Waals surface area contributed by atoms with Crippen LogP contribution in [0.3, 0.4) is 0 Å². The minimum absolute atomic E-state index is 0.198. The first kappa shape index (κ1) is 32.2. The van der Waals surface area contributed by atoms with E-state index in [2.05, 4.69) is 13.8 Å². The molecule has 5 nitrogen and oxygen atoms in total. The van der Waals surface area contributed by atoms with E-state index in [0.29, 0.717) is 24.5 Å². The van der Waals surface area contributed by atoms with Gasteiger partial charge in [-0.05, 0) is 72.5 Å². The molecule has 0 amide bonds. The van der Waals surface area contributed by atoms with Crippen LogP contribution in [0.15, 0.2) is 60.7 Å². The van der Waals surface area contributed by atoms with Crippen molar-refractivity contribution in [2.45, 2.75) is 104 Å². The normalized spacial score (nSPS) is 11.8. The molecule has 0 aliphatic carbocycles. The summed E-state index contributed by atoms with van der Waals surface area (Å²) in [5.74, 6) is 0.294. The lowest BCUT2D eigenvalue weighted by molar-refractivity contribution is -0.145. The molecule has 0 aliphatic heterocycles. The molecule has 0 aliphatic rings. The van der Waals surface area contributed by atoms with E-state index < -0.39 is 5.97 Å². The summed E-state index contributed by atoms with van der Waals surface area (Å²) in [5, 5.41) is 1.91. The van der Waals surface area contributed by atoms with Gasteiger partial charge < -0.3 is 14.2 Å². The third-order valence-electron chi connectivity index (χ3n) is 7.50. The van der Waals surface area contributed by atoms with E-state index in [0.717, 1.165) is 54.2 Å². The highest BCUT2D eigenvalue weighted by Crippen LogP contribution is 2.27. The van der Waals surface area contributed by atoms with Crippen molar-refractivity contribution in [2.75, 3.05) is 13.2 Å². The van der Waals surface area contributed by atoms with E-state index in [1.807, 2.05) is 49.4 Å².